The first-order valence-electron chi connectivity index (χ1n) is 13.0. The lowest BCUT2D eigenvalue weighted by Crippen LogP contribution is -2.42. The molecule has 0 fully saturated rings. The van der Waals surface area contributed by atoms with Crippen LogP contribution in [0.1, 0.15) is 34.2 Å². The van der Waals surface area contributed by atoms with Gasteiger partial charge in [-0.1, -0.05) is 79.2 Å². The van der Waals surface area contributed by atoms with E-state index in [-0.39, 0.29) is 12.2 Å². The number of benzene rings is 4. The Kier molecular flexibility index (Phi) is 8.18. The average molecular weight is 554 g/mol. The van der Waals surface area contributed by atoms with Gasteiger partial charge in [0.1, 0.15) is 24.0 Å². The van der Waals surface area contributed by atoms with E-state index in [0.717, 1.165) is 34.1 Å². The molecule has 1 amide bonds. The molecule has 0 aliphatic heterocycles. The van der Waals surface area contributed by atoms with E-state index in [9.17, 15) is 14.7 Å². The molecule has 1 atom stereocenters. The highest BCUT2D eigenvalue weighted by Crippen LogP contribution is 2.28. The maximum Gasteiger partial charge on any atom is 0.326 e. The molecule has 0 bridgehead atoms. The minimum Gasteiger partial charge on any atom is -0.489 e. The van der Waals surface area contributed by atoms with Crippen molar-refractivity contribution in [2.45, 2.75) is 32.4 Å². The van der Waals surface area contributed by atoms with Gasteiger partial charge < -0.3 is 19.6 Å². The number of hydrogen-bond donors (Lipinski definition) is 2. The second-order valence-electron chi connectivity index (χ2n) is 9.54. The SMILES string of the molecule is CCc1ccc(COc2ccc(C[C@H](NC(=O)c3cc4ccc(-c5ccc(Cl)cc5)cc4o3)C(=O)O)cc2)cc1. The lowest BCUT2D eigenvalue weighted by molar-refractivity contribution is -0.139. The second-order valence-corrected chi connectivity index (χ2v) is 9.98. The zero-order valence-corrected chi connectivity index (χ0v) is 22.7. The minimum absolute atomic E-state index is 0.0465. The Balaban J connectivity index is 1.22. The number of carboxylic acids is 1. The second kappa shape index (κ2) is 12.1. The van der Waals surface area contributed by atoms with E-state index >= 15 is 0 Å². The summed E-state index contributed by atoms with van der Waals surface area (Å²) in [5, 5.41) is 13.8. The number of carbonyl (C=O) groups excluding carboxylic acids is 1. The van der Waals surface area contributed by atoms with Crippen LogP contribution in [0.4, 0.5) is 0 Å². The third-order valence-corrected chi connectivity index (χ3v) is 6.98. The first-order chi connectivity index (χ1) is 19.4. The molecule has 0 spiro atoms. The molecule has 5 aromatic rings. The van der Waals surface area contributed by atoms with Crippen molar-refractivity contribution in [3.8, 4) is 16.9 Å². The van der Waals surface area contributed by atoms with Gasteiger partial charge in [0.05, 0.1) is 0 Å². The van der Waals surface area contributed by atoms with Gasteiger partial charge in [0, 0.05) is 16.8 Å². The summed E-state index contributed by atoms with van der Waals surface area (Å²) in [6, 6.07) is 29.0. The van der Waals surface area contributed by atoms with Crippen molar-refractivity contribution in [3.63, 3.8) is 0 Å². The Morgan fingerprint density at radius 2 is 1.50 bits per heavy atom. The number of hydrogen-bond acceptors (Lipinski definition) is 4. The molecule has 0 radical (unpaired) electrons. The van der Waals surface area contributed by atoms with Gasteiger partial charge in [-0.3, -0.25) is 4.79 Å². The Labute approximate surface area is 237 Å². The Morgan fingerprint density at radius 3 is 2.17 bits per heavy atom. The van der Waals surface area contributed by atoms with Crippen molar-refractivity contribution in [2.24, 2.45) is 0 Å². The molecule has 4 aromatic carbocycles. The highest BCUT2D eigenvalue weighted by molar-refractivity contribution is 6.30. The maximum absolute atomic E-state index is 12.9. The van der Waals surface area contributed by atoms with Crippen molar-refractivity contribution < 1.29 is 23.8 Å². The molecule has 0 saturated heterocycles. The average Bonchev–Trinajstić information content (AvgIpc) is 3.41. The smallest absolute Gasteiger partial charge is 0.326 e. The van der Waals surface area contributed by atoms with Crippen molar-refractivity contribution in [1.82, 2.24) is 5.32 Å². The molecule has 7 heteroatoms. The van der Waals surface area contributed by atoms with Gasteiger partial charge in [-0.25, -0.2) is 4.79 Å². The number of amides is 1. The number of aliphatic carboxylic acids is 1. The van der Waals surface area contributed by atoms with Crippen molar-refractivity contribution >= 4 is 34.4 Å². The van der Waals surface area contributed by atoms with Gasteiger partial charge in [0.25, 0.3) is 5.91 Å². The van der Waals surface area contributed by atoms with E-state index < -0.39 is 17.9 Å². The number of halogens is 1. The van der Waals surface area contributed by atoms with Crippen LogP contribution in [0, 0.1) is 0 Å². The van der Waals surface area contributed by atoms with Crippen LogP contribution in [0.2, 0.25) is 5.02 Å². The number of fused-ring (bicyclic) bond motifs is 1. The van der Waals surface area contributed by atoms with E-state index in [0.29, 0.717) is 23.0 Å². The molecule has 2 N–H and O–H groups in total. The van der Waals surface area contributed by atoms with Gasteiger partial charge in [0.15, 0.2) is 5.76 Å². The zero-order valence-electron chi connectivity index (χ0n) is 21.9. The standard InChI is InChI=1S/C33H28ClNO5/c1-2-21-3-5-23(6-4-21)20-39-28-15-7-22(8-16-28)17-29(33(37)38)35-32(36)31-19-26-10-9-25(18-30(26)40-31)24-11-13-27(34)14-12-24/h3-16,18-19,29H,2,17,20H2,1H3,(H,35,36)(H,37,38)/t29-/m0/s1. The molecule has 202 valence electrons. The predicted octanol–water partition coefficient (Wildman–Crippen LogP) is 7.32. The van der Waals surface area contributed by atoms with Crippen LogP contribution in [0.3, 0.4) is 0 Å². The van der Waals surface area contributed by atoms with E-state index in [1.54, 1.807) is 42.5 Å². The fourth-order valence-electron chi connectivity index (χ4n) is 4.39. The monoisotopic (exact) mass is 553 g/mol. The zero-order chi connectivity index (χ0) is 28.1. The van der Waals surface area contributed by atoms with Crippen LogP contribution in [-0.4, -0.2) is 23.0 Å². The third kappa shape index (κ3) is 6.53. The fourth-order valence-corrected chi connectivity index (χ4v) is 4.52. The van der Waals surface area contributed by atoms with Gasteiger partial charge in [0.2, 0.25) is 0 Å². The predicted molar refractivity (Wildman–Crippen MR) is 156 cm³/mol. The van der Waals surface area contributed by atoms with Gasteiger partial charge >= 0.3 is 5.97 Å². The van der Waals surface area contributed by atoms with Crippen molar-refractivity contribution in [1.29, 1.82) is 0 Å². The molecule has 0 saturated carbocycles. The Hall–Kier alpha value is -4.55. The molecule has 40 heavy (non-hydrogen) atoms. The lowest BCUT2D eigenvalue weighted by atomic mass is 10.0. The van der Waals surface area contributed by atoms with Crippen molar-refractivity contribution in [3.05, 3.63) is 125 Å². The van der Waals surface area contributed by atoms with Crippen LogP contribution in [0.5, 0.6) is 5.75 Å². The summed E-state index contributed by atoms with van der Waals surface area (Å²) >= 11 is 5.99. The first kappa shape index (κ1) is 27.0. The Morgan fingerprint density at radius 1 is 0.850 bits per heavy atom. The largest absolute Gasteiger partial charge is 0.489 e. The quantitative estimate of drug-likeness (QED) is 0.189. The fraction of sp³-hybridized carbons (Fsp3) is 0.152. The topological polar surface area (TPSA) is 88.8 Å². The van der Waals surface area contributed by atoms with Crippen LogP contribution < -0.4 is 10.1 Å². The molecular weight excluding hydrogens is 526 g/mol. The summed E-state index contributed by atoms with van der Waals surface area (Å²) in [6.45, 7) is 2.56. The minimum atomic E-state index is -1.13. The summed E-state index contributed by atoms with van der Waals surface area (Å²) in [7, 11) is 0. The van der Waals surface area contributed by atoms with Crippen LogP contribution in [0.15, 0.2) is 101 Å². The first-order valence-corrected chi connectivity index (χ1v) is 13.4. The number of rotatable bonds is 10. The molecule has 5 rings (SSSR count). The van der Waals surface area contributed by atoms with E-state index in [1.165, 1.54) is 5.56 Å². The van der Waals surface area contributed by atoms with E-state index in [2.05, 4.69) is 24.4 Å². The molecule has 1 aromatic heterocycles. The van der Waals surface area contributed by atoms with Crippen LogP contribution >= 0.6 is 11.6 Å². The number of carboxylic acid groups (broad SMARTS) is 1. The normalized spacial score (nSPS) is 11.8. The molecule has 0 aliphatic carbocycles. The maximum atomic E-state index is 12.9. The summed E-state index contributed by atoms with van der Waals surface area (Å²) < 4.78 is 11.7. The van der Waals surface area contributed by atoms with Crippen molar-refractivity contribution in [2.75, 3.05) is 0 Å². The van der Waals surface area contributed by atoms with Gasteiger partial charge in [-0.05, 0) is 70.6 Å². The number of ether oxygens (including phenoxy) is 1. The van der Waals surface area contributed by atoms with Crippen LogP contribution in [0.25, 0.3) is 22.1 Å². The molecule has 0 aliphatic rings. The molecule has 1 heterocycles. The number of furan rings is 1. The summed E-state index contributed by atoms with van der Waals surface area (Å²) in [5.74, 6) is -0.999. The summed E-state index contributed by atoms with van der Waals surface area (Å²) in [5.41, 5.74) is 5.50. The summed E-state index contributed by atoms with van der Waals surface area (Å²) in [6.07, 6.45) is 1.10. The molecular formula is C33H28ClNO5. The lowest BCUT2D eigenvalue weighted by Gasteiger charge is -2.14. The van der Waals surface area contributed by atoms with Crippen LogP contribution in [-0.2, 0) is 24.2 Å². The highest BCUT2D eigenvalue weighted by Gasteiger charge is 2.23. The number of nitrogens with one attached hydrogen (secondary N) is 1. The van der Waals surface area contributed by atoms with E-state index in [1.807, 2.05) is 42.5 Å². The van der Waals surface area contributed by atoms with Gasteiger partial charge in [-0.15, -0.1) is 0 Å². The third-order valence-electron chi connectivity index (χ3n) is 6.72. The van der Waals surface area contributed by atoms with Gasteiger partial charge in [-0.2, -0.15) is 0 Å². The Bertz CT molecular complexity index is 1620. The number of aryl methyl sites for hydroxylation is 1. The molecule has 0 unspecified atom stereocenters. The van der Waals surface area contributed by atoms with E-state index in [4.69, 9.17) is 20.8 Å². The highest BCUT2D eigenvalue weighted by atomic mass is 35.5. The summed E-state index contributed by atoms with van der Waals surface area (Å²) in [4.78, 5) is 24.9. The molecule has 6 nitrogen and oxygen atoms in total. The number of carbonyl (C=O) groups is 2.